The number of nitrogens with one attached hydrogen (secondary N) is 1. The number of unbranched alkanes of at least 4 members (excludes halogenated alkanes) is 3. The van der Waals surface area contributed by atoms with Gasteiger partial charge in [0, 0.05) is 36.6 Å². The van der Waals surface area contributed by atoms with Crippen LogP contribution in [0.15, 0.2) is 24.3 Å². The van der Waals surface area contributed by atoms with Crippen molar-refractivity contribution >= 4 is 28.8 Å². The molecule has 0 radical (unpaired) electrons. The van der Waals surface area contributed by atoms with Gasteiger partial charge in [0.25, 0.3) is 17.1 Å². The molecule has 9 heteroatoms. The van der Waals surface area contributed by atoms with E-state index in [0.29, 0.717) is 5.75 Å². The predicted octanol–water partition coefficient (Wildman–Crippen LogP) is 2.81. The molecular weight excluding hydrogens is 370 g/mol. The van der Waals surface area contributed by atoms with Gasteiger partial charge in [-0.2, -0.15) is 4.68 Å². The van der Waals surface area contributed by atoms with Crippen LogP contribution in [-0.4, -0.2) is 49.1 Å². The third kappa shape index (κ3) is 6.06. The van der Waals surface area contributed by atoms with Crippen molar-refractivity contribution in [1.82, 2.24) is 9.58 Å². The van der Waals surface area contributed by atoms with Crippen LogP contribution in [0.4, 0.5) is 4.79 Å². The van der Waals surface area contributed by atoms with Crippen molar-refractivity contribution in [2.45, 2.75) is 39.0 Å². The van der Waals surface area contributed by atoms with Crippen LogP contribution in [0.3, 0.4) is 0 Å². The van der Waals surface area contributed by atoms with E-state index in [2.05, 4.69) is 12.3 Å². The molecule has 2 rings (SSSR count). The van der Waals surface area contributed by atoms with Crippen molar-refractivity contribution in [3.05, 3.63) is 24.3 Å². The second-order valence-corrected chi connectivity index (χ2v) is 7.42. The number of thioether (sulfide) groups is 1. The fourth-order valence-electron chi connectivity index (χ4n) is 2.80. The Hall–Kier alpha value is -2.42. The quantitative estimate of drug-likeness (QED) is 0.415. The predicted molar refractivity (Wildman–Crippen MR) is 103 cm³/mol. The second-order valence-electron chi connectivity index (χ2n) is 6.43. The van der Waals surface area contributed by atoms with Gasteiger partial charge in [-0.05, 0) is 12.3 Å². The third-order valence-electron chi connectivity index (χ3n) is 4.30. The molecule has 1 unspecified atom stereocenters. The number of aromatic nitrogens is 1. The van der Waals surface area contributed by atoms with Gasteiger partial charge in [0.05, 0.1) is 0 Å². The molecule has 1 aromatic rings. The average molecular weight is 395 g/mol. The van der Waals surface area contributed by atoms with Gasteiger partial charge < -0.3 is 10.2 Å². The summed E-state index contributed by atoms with van der Waals surface area (Å²) in [6.45, 7) is 2.40. The van der Waals surface area contributed by atoms with E-state index in [1.165, 1.54) is 29.2 Å². The first-order valence-corrected chi connectivity index (χ1v) is 9.98. The number of hydrogen-bond acceptors (Lipinski definition) is 6. The fraction of sp³-hybridized carbons (Fsp3) is 0.500. The molecular formula is C18H25N3O5S. The molecule has 148 valence electrons. The van der Waals surface area contributed by atoms with E-state index in [-0.39, 0.29) is 36.0 Å². The molecule has 1 atom stereocenters. The standard InChI is InChI=1S/C18H25N3O5S/c1-2-3-4-5-6-13(11-20-14(22)7-8-15(20)23)12-27-18(26)19-21-16(24)9-10-17(21)25/h7-10,13,24-25H,2-6,11-12H2,1H3,(H,19,26). The zero-order valence-electron chi connectivity index (χ0n) is 15.3. The van der Waals surface area contributed by atoms with E-state index < -0.39 is 5.24 Å². The number of rotatable bonds is 10. The Morgan fingerprint density at radius 1 is 1.11 bits per heavy atom. The molecule has 0 fully saturated rings. The lowest BCUT2D eigenvalue weighted by Gasteiger charge is -2.22. The molecule has 0 spiro atoms. The highest BCUT2D eigenvalue weighted by Crippen LogP contribution is 2.22. The van der Waals surface area contributed by atoms with Gasteiger partial charge in [0.1, 0.15) is 0 Å². The molecule has 0 saturated carbocycles. The van der Waals surface area contributed by atoms with Crippen molar-refractivity contribution in [1.29, 1.82) is 0 Å². The lowest BCUT2D eigenvalue weighted by Crippen LogP contribution is -2.35. The maximum Gasteiger partial charge on any atom is 0.298 e. The molecule has 8 nitrogen and oxygen atoms in total. The zero-order chi connectivity index (χ0) is 19.8. The first kappa shape index (κ1) is 20.9. The first-order valence-electron chi connectivity index (χ1n) is 8.99. The van der Waals surface area contributed by atoms with Gasteiger partial charge in [-0.25, -0.2) is 5.43 Å². The van der Waals surface area contributed by atoms with E-state index in [0.717, 1.165) is 48.5 Å². The Balaban J connectivity index is 1.89. The van der Waals surface area contributed by atoms with Crippen molar-refractivity contribution in [2.75, 3.05) is 17.7 Å². The number of hydrogen-bond donors (Lipinski definition) is 3. The largest absolute Gasteiger partial charge is 0.493 e. The van der Waals surface area contributed by atoms with Crippen LogP contribution in [0.5, 0.6) is 11.8 Å². The Bertz CT molecular complexity index is 678. The van der Waals surface area contributed by atoms with E-state index in [1.807, 2.05) is 0 Å². The molecule has 0 aromatic carbocycles. The monoisotopic (exact) mass is 395 g/mol. The van der Waals surface area contributed by atoms with Gasteiger partial charge in [-0.3, -0.25) is 19.3 Å². The molecule has 1 aliphatic rings. The average Bonchev–Trinajstić information content (AvgIpc) is 3.12. The van der Waals surface area contributed by atoms with Gasteiger partial charge in [-0.15, -0.1) is 0 Å². The first-order chi connectivity index (χ1) is 12.9. The van der Waals surface area contributed by atoms with Crippen molar-refractivity contribution in [3.63, 3.8) is 0 Å². The Kier molecular flexibility index (Phi) is 7.78. The van der Waals surface area contributed by atoms with Crippen LogP contribution in [0.2, 0.25) is 0 Å². The summed E-state index contributed by atoms with van der Waals surface area (Å²) in [5.41, 5.74) is 2.38. The minimum Gasteiger partial charge on any atom is -0.493 e. The smallest absolute Gasteiger partial charge is 0.298 e. The van der Waals surface area contributed by atoms with Gasteiger partial charge in [0.2, 0.25) is 11.8 Å². The summed E-state index contributed by atoms with van der Waals surface area (Å²) in [4.78, 5) is 36.9. The molecule has 3 amide bonds. The van der Waals surface area contributed by atoms with E-state index in [9.17, 15) is 24.6 Å². The lowest BCUT2D eigenvalue weighted by molar-refractivity contribution is -0.137. The molecule has 27 heavy (non-hydrogen) atoms. The van der Waals surface area contributed by atoms with E-state index in [4.69, 9.17) is 0 Å². The summed E-state index contributed by atoms with van der Waals surface area (Å²) in [5.74, 6) is -0.811. The van der Waals surface area contributed by atoms with Crippen LogP contribution in [0.1, 0.15) is 39.0 Å². The summed E-state index contributed by atoms with van der Waals surface area (Å²) in [7, 11) is 0. The Labute approximate surface area is 162 Å². The molecule has 0 aliphatic carbocycles. The Morgan fingerprint density at radius 2 is 1.74 bits per heavy atom. The molecule has 0 saturated heterocycles. The van der Waals surface area contributed by atoms with Crippen LogP contribution in [0.25, 0.3) is 0 Å². The zero-order valence-corrected chi connectivity index (χ0v) is 16.1. The summed E-state index contributed by atoms with van der Waals surface area (Å²) in [6.07, 6.45) is 7.58. The SMILES string of the molecule is CCCCCCC(CSC(=O)Nn1c(O)ccc1O)CN1C(=O)C=CC1=O. The second kappa shape index (κ2) is 10.1. The Morgan fingerprint density at radius 3 is 2.33 bits per heavy atom. The molecule has 2 heterocycles. The highest BCUT2D eigenvalue weighted by Gasteiger charge is 2.26. The van der Waals surface area contributed by atoms with Crippen LogP contribution >= 0.6 is 11.8 Å². The van der Waals surface area contributed by atoms with Crippen LogP contribution < -0.4 is 5.43 Å². The summed E-state index contributed by atoms with van der Waals surface area (Å²) in [5, 5.41) is 18.7. The van der Waals surface area contributed by atoms with Crippen LogP contribution in [0, 0.1) is 5.92 Å². The third-order valence-corrected chi connectivity index (χ3v) is 5.29. The molecule has 1 aliphatic heterocycles. The van der Waals surface area contributed by atoms with E-state index >= 15 is 0 Å². The van der Waals surface area contributed by atoms with Crippen molar-refractivity contribution < 1.29 is 24.6 Å². The number of carbonyl (C=O) groups is 3. The summed E-state index contributed by atoms with van der Waals surface area (Å²) >= 11 is 0.987. The van der Waals surface area contributed by atoms with Gasteiger partial charge in [0.15, 0.2) is 0 Å². The molecule has 0 bridgehead atoms. The number of imide groups is 1. The number of aromatic hydroxyl groups is 2. The number of amides is 3. The van der Waals surface area contributed by atoms with Gasteiger partial charge in [-0.1, -0.05) is 44.4 Å². The highest BCUT2D eigenvalue weighted by molar-refractivity contribution is 8.13. The number of nitrogens with zero attached hydrogens (tertiary/aromatic N) is 2. The van der Waals surface area contributed by atoms with Crippen molar-refractivity contribution in [3.8, 4) is 11.8 Å². The maximum atomic E-state index is 12.1. The maximum absolute atomic E-state index is 12.1. The highest BCUT2D eigenvalue weighted by atomic mass is 32.2. The molecule has 1 aromatic heterocycles. The lowest BCUT2D eigenvalue weighted by atomic mass is 10.0. The summed E-state index contributed by atoms with van der Waals surface area (Å²) in [6, 6.07) is 2.52. The minimum absolute atomic E-state index is 0.0164. The summed E-state index contributed by atoms with van der Waals surface area (Å²) < 4.78 is 0.878. The van der Waals surface area contributed by atoms with Gasteiger partial charge >= 0.3 is 0 Å². The molecule has 3 N–H and O–H groups in total. The normalized spacial score (nSPS) is 14.8. The van der Waals surface area contributed by atoms with E-state index in [1.54, 1.807) is 0 Å². The number of carbonyl (C=O) groups excluding carboxylic acids is 3. The van der Waals surface area contributed by atoms with Crippen LogP contribution in [-0.2, 0) is 9.59 Å². The van der Waals surface area contributed by atoms with Crippen molar-refractivity contribution in [2.24, 2.45) is 5.92 Å². The minimum atomic E-state index is -0.451. The topological polar surface area (TPSA) is 112 Å². The fourth-order valence-corrected chi connectivity index (χ4v) is 3.62.